The Kier molecular flexibility index (Phi) is 9.72. The maximum atomic E-state index is 5.61. The fourth-order valence-corrected chi connectivity index (χ4v) is 2.89. The summed E-state index contributed by atoms with van der Waals surface area (Å²) in [5.74, 6) is 0. The van der Waals surface area contributed by atoms with E-state index in [0.29, 0.717) is 12.7 Å². The van der Waals surface area contributed by atoms with Gasteiger partial charge in [-0.3, -0.25) is 0 Å². The Morgan fingerprint density at radius 3 is 1.35 bits per heavy atom. The minimum Gasteiger partial charge on any atom is -0.318 e. The first-order chi connectivity index (χ1) is 8.43. The molecule has 3 N–H and O–H groups in total. The number of nitrogens with two attached hydrogens (primary N) is 1. The zero-order valence-corrected chi connectivity index (χ0v) is 11.6. The Morgan fingerprint density at radius 1 is 0.647 bits per heavy atom. The second kappa shape index (κ2) is 11.0. The fourth-order valence-electron chi connectivity index (χ4n) is 2.89. The summed E-state index contributed by atoms with van der Waals surface area (Å²) in [6.45, 7) is 0.644. The van der Waals surface area contributed by atoms with Gasteiger partial charge in [0.25, 0.3) is 0 Å². The van der Waals surface area contributed by atoms with Crippen molar-refractivity contribution in [2.75, 3.05) is 6.67 Å². The highest BCUT2D eigenvalue weighted by atomic mass is 15.0. The first-order valence-electron chi connectivity index (χ1n) is 7.87. The van der Waals surface area contributed by atoms with Crippen molar-refractivity contribution in [2.24, 2.45) is 5.73 Å². The molecule has 0 radical (unpaired) electrons. The van der Waals surface area contributed by atoms with Crippen molar-refractivity contribution in [3.05, 3.63) is 0 Å². The van der Waals surface area contributed by atoms with Gasteiger partial charge >= 0.3 is 0 Å². The molecule has 1 fully saturated rings. The SMILES string of the molecule is NCNC1CCCCCCCCCCCCC1. The Hall–Kier alpha value is -0.0800. The number of hydrogen-bond donors (Lipinski definition) is 2. The first kappa shape index (κ1) is 15.0. The molecule has 2 nitrogen and oxygen atoms in total. The molecule has 0 aliphatic heterocycles. The molecule has 0 aromatic rings. The Morgan fingerprint density at radius 2 is 1.00 bits per heavy atom. The van der Waals surface area contributed by atoms with Gasteiger partial charge in [0.2, 0.25) is 0 Å². The second-order valence-electron chi connectivity index (χ2n) is 5.57. The number of hydrogen-bond acceptors (Lipinski definition) is 2. The molecule has 1 saturated carbocycles. The van der Waals surface area contributed by atoms with Gasteiger partial charge in [0.1, 0.15) is 0 Å². The Labute approximate surface area is 108 Å². The monoisotopic (exact) mass is 240 g/mol. The van der Waals surface area contributed by atoms with Gasteiger partial charge in [-0.15, -0.1) is 0 Å². The van der Waals surface area contributed by atoms with Crippen molar-refractivity contribution in [3.8, 4) is 0 Å². The van der Waals surface area contributed by atoms with E-state index >= 15 is 0 Å². The standard InChI is InChI=1S/C15H32N2/c16-14-17-15-12-10-8-6-4-2-1-3-5-7-9-11-13-15/h15,17H,1-14,16H2. The van der Waals surface area contributed by atoms with E-state index in [0.717, 1.165) is 0 Å². The number of nitrogens with one attached hydrogen (secondary N) is 1. The van der Waals surface area contributed by atoms with E-state index in [4.69, 9.17) is 5.73 Å². The molecule has 0 atom stereocenters. The maximum absolute atomic E-state index is 5.61. The van der Waals surface area contributed by atoms with E-state index in [1.54, 1.807) is 0 Å². The predicted molar refractivity (Wildman–Crippen MR) is 76.0 cm³/mol. The van der Waals surface area contributed by atoms with Gasteiger partial charge < -0.3 is 11.1 Å². The highest BCUT2D eigenvalue weighted by molar-refractivity contribution is 4.66. The molecule has 2 heteroatoms. The van der Waals surface area contributed by atoms with Crippen LogP contribution in [0.3, 0.4) is 0 Å². The minimum atomic E-state index is 0.644. The summed E-state index contributed by atoms with van der Waals surface area (Å²) in [7, 11) is 0. The molecule has 0 saturated heterocycles. The van der Waals surface area contributed by atoms with Crippen LogP contribution in [0.25, 0.3) is 0 Å². The third-order valence-corrected chi connectivity index (χ3v) is 4.01. The predicted octanol–water partition coefficient (Wildman–Crippen LogP) is 3.95. The van der Waals surface area contributed by atoms with E-state index in [-0.39, 0.29) is 0 Å². The molecular formula is C15H32N2. The maximum Gasteiger partial charge on any atom is 0.0430 e. The van der Waals surface area contributed by atoms with Gasteiger partial charge in [-0.05, 0) is 12.8 Å². The van der Waals surface area contributed by atoms with Crippen LogP contribution in [-0.2, 0) is 0 Å². The van der Waals surface area contributed by atoms with Gasteiger partial charge in [-0.2, -0.15) is 0 Å². The van der Waals surface area contributed by atoms with E-state index in [2.05, 4.69) is 5.32 Å². The smallest absolute Gasteiger partial charge is 0.0430 e. The summed E-state index contributed by atoms with van der Waals surface area (Å²) in [6, 6.07) is 0.683. The topological polar surface area (TPSA) is 38.0 Å². The summed E-state index contributed by atoms with van der Waals surface area (Å²) >= 11 is 0. The summed E-state index contributed by atoms with van der Waals surface area (Å²) in [4.78, 5) is 0. The second-order valence-corrected chi connectivity index (χ2v) is 5.57. The largest absolute Gasteiger partial charge is 0.318 e. The van der Waals surface area contributed by atoms with Crippen LogP contribution in [0, 0.1) is 0 Å². The van der Waals surface area contributed by atoms with Crippen LogP contribution in [0.5, 0.6) is 0 Å². The molecule has 0 amide bonds. The summed E-state index contributed by atoms with van der Waals surface area (Å²) in [5.41, 5.74) is 5.61. The highest BCUT2D eigenvalue weighted by Gasteiger charge is 2.07. The van der Waals surface area contributed by atoms with Crippen LogP contribution in [0.2, 0.25) is 0 Å². The summed E-state index contributed by atoms with van der Waals surface area (Å²) < 4.78 is 0. The van der Waals surface area contributed by atoms with Crippen LogP contribution >= 0.6 is 0 Å². The van der Waals surface area contributed by atoms with Crippen LogP contribution < -0.4 is 11.1 Å². The molecule has 1 aliphatic rings. The highest BCUT2D eigenvalue weighted by Crippen LogP contribution is 2.16. The van der Waals surface area contributed by atoms with Crippen LogP contribution in [-0.4, -0.2) is 12.7 Å². The molecule has 1 aliphatic carbocycles. The van der Waals surface area contributed by atoms with E-state index < -0.39 is 0 Å². The van der Waals surface area contributed by atoms with Crippen molar-refractivity contribution >= 4 is 0 Å². The molecule has 0 heterocycles. The molecule has 17 heavy (non-hydrogen) atoms. The van der Waals surface area contributed by atoms with Gasteiger partial charge in [0.05, 0.1) is 0 Å². The van der Waals surface area contributed by atoms with Crippen LogP contribution in [0.4, 0.5) is 0 Å². The lowest BCUT2D eigenvalue weighted by atomic mass is 9.98. The van der Waals surface area contributed by atoms with E-state index in [1.807, 2.05) is 0 Å². The number of rotatable bonds is 2. The minimum absolute atomic E-state index is 0.644. The lowest BCUT2D eigenvalue weighted by molar-refractivity contribution is 0.411. The lowest BCUT2D eigenvalue weighted by Crippen LogP contribution is -2.33. The van der Waals surface area contributed by atoms with Crippen molar-refractivity contribution in [2.45, 2.75) is 89.5 Å². The third-order valence-electron chi connectivity index (χ3n) is 4.01. The van der Waals surface area contributed by atoms with E-state index in [1.165, 1.54) is 83.5 Å². The van der Waals surface area contributed by atoms with Crippen molar-refractivity contribution in [3.63, 3.8) is 0 Å². The van der Waals surface area contributed by atoms with Gasteiger partial charge in [-0.1, -0.05) is 70.6 Å². The van der Waals surface area contributed by atoms with Crippen molar-refractivity contribution < 1.29 is 0 Å². The average Bonchev–Trinajstić information content (AvgIpc) is 2.34. The van der Waals surface area contributed by atoms with Crippen molar-refractivity contribution in [1.29, 1.82) is 0 Å². The molecule has 0 unspecified atom stereocenters. The Bertz CT molecular complexity index is 145. The molecule has 0 bridgehead atoms. The summed E-state index contributed by atoms with van der Waals surface area (Å²) in [5, 5.41) is 3.44. The van der Waals surface area contributed by atoms with Gasteiger partial charge in [0.15, 0.2) is 0 Å². The molecule has 102 valence electrons. The zero-order chi connectivity index (χ0) is 12.2. The molecular weight excluding hydrogens is 208 g/mol. The van der Waals surface area contributed by atoms with Gasteiger partial charge in [0, 0.05) is 12.7 Å². The van der Waals surface area contributed by atoms with Crippen molar-refractivity contribution in [1.82, 2.24) is 5.32 Å². The van der Waals surface area contributed by atoms with Gasteiger partial charge in [-0.25, -0.2) is 0 Å². The average molecular weight is 240 g/mol. The quantitative estimate of drug-likeness (QED) is 0.717. The van der Waals surface area contributed by atoms with Crippen LogP contribution in [0.1, 0.15) is 83.5 Å². The lowest BCUT2D eigenvalue weighted by Gasteiger charge is -2.18. The molecule has 0 aromatic carbocycles. The normalized spacial score (nSPS) is 23.1. The van der Waals surface area contributed by atoms with Crippen LogP contribution in [0.15, 0.2) is 0 Å². The zero-order valence-electron chi connectivity index (χ0n) is 11.6. The third kappa shape index (κ3) is 8.62. The first-order valence-corrected chi connectivity index (χ1v) is 7.87. The van der Waals surface area contributed by atoms with E-state index in [9.17, 15) is 0 Å². The molecule has 0 aromatic heterocycles. The Balaban J connectivity index is 2.19. The molecule has 1 rings (SSSR count). The molecule has 0 spiro atoms. The summed E-state index contributed by atoms with van der Waals surface area (Å²) in [6.07, 6.45) is 18.5. The fraction of sp³-hybridized carbons (Fsp3) is 1.00.